The summed E-state index contributed by atoms with van der Waals surface area (Å²) in [6.45, 7) is 7.83. The molecule has 1 aliphatic heterocycles. The Morgan fingerprint density at radius 3 is 2.55 bits per heavy atom. The SMILES string of the molecule is CC1=C[C@@H]2/C=C/C[C@H](C)/C=C(\C)C(=O)C(=O)CCC(=O)[C@@]23C(=O)N[C@@H](Cc2c[nH]c4ccccc24)[C@@H]3[C@@H]1C. The molecule has 3 aliphatic rings. The number of aromatic amines is 1. The number of carbonyl (C=O) groups excluding carboxylic acids is 4. The topological polar surface area (TPSA) is 96.1 Å². The molecule has 1 spiro atoms. The van der Waals surface area contributed by atoms with E-state index in [1.807, 2.05) is 49.5 Å². The minimum absolute atomic E-state index is 0.00592. The van der Waals surface area contributed by atoms with Gasteiger partial charge in [-0.3, -0.25) is 19.2 Å². The summed E-state index contributed by atoms with van der Waals surface area (Å²) in [5.74, 6) is -2.27. The van der Waals surface area contributed by atoms with Crippen molar-refractivity contribution in [3.8, 4) is 0 Å². The molecule has 1 amide bonds. The van der Waals surface area contributed by atoms with Crippen LogP contribution in [0.2, 0.25) is 0 Å². The third-order valence-electron chi connectivity index (χ3n) is 9.03. The van der Waals surface area contributed by atoms with E-state index in [-0.39, 0.29) is 48.3 Å². The number of para-hydroxylation sites is 1. The van der Waals surface area contributed by atoms with Gasteiger partial charge < -0.3 is 10.3 Å². The molecule has 6 nitrogen and oxygen atoms in total. The summed E-state index contributed by atoms with van der Waals surface area (Å²) in [4.78, 5) is 56.9. The normalized spacial score (nSPS) is 34.7. The summed E-state index contributed by atoms with van der Waals surface area (Å²) in [5.41, 5.74) is 2.40. The van der Waals surface area contributed by atoms with Crippen LogP contribution in [0.25, 0.3) is 10.9 Å². The third-order valence-corrected chi connectivity index (χ3v) is 9.03. The number of ketones is 3. The number of hydrogen-bond acceptors (Lipinski definition) is 4. The number of benzene rings is 1. The van der Waals surface area contributed by atoms with Gasteiger partial charge in [0.1, 0.15) is 11.2 Å². The Balaban J connectivity index is 1.58. The zero-order chi connectivity index (χ0) is 27.2. The lowest BCUT2D eigenvalue weighted by atomic mass is 9.54. The van der Waals surface area contributed by atoms with Gasteiger partial charge in [0.15, 0.2) is 0 Å². The lowest BCUT2D eigenvalue weighted by Crippen LogP contribution is -2.52. The highest BCUT2D eigenvalue weighted by Crippen LogP contribution is 2.55. The number of Topliss-reactive ketones (excluding diaryl/α,β-unsaturated/α-hetero) is 3. The molecule has 0 bridgehead atoms. The quantitative estimate of drug-likeness (QED) is 0.334. The molecule has 2 heterocycles. The van der Waals surface area contributed by atoms with Gasteiger partial charge in [-0.15, -0.1) is 0 Å². The fraction of sp³-hybridized carbons (Fsp3) is 0.438. The number of H-pyrrole nitrogens is 1. The summed E-state index contributed by atoms with van der Waals surface area (Å²) >= 11 is 0. The Kier molecular flexibility index (Phi) is 6.84. The smallest absolute Gasteiger partial charge is 0.235 e. The van der Waals surface area contributed by atoms with E-state index in [1.165, 1.54) is 0 Å². The molecule has 0 radical (unpaired) electrons. The standard InChI is InChI=1S/C32H36N2O4/c1-18-8-7-9-23-15-19(2)21(4)29-26(16-22-17-33-25-11-6-5-10-24(22)25)34-31(38)32(23,29)28(36)13-12-27(35)30(37)20(3)14-18/h5-7,9-11,14-15,17-18,21,23,26,29,33H,8,12-13,16H2,1-4H3,(H,34,38)/b9-7+,20-14+/t18-,21+,23-,26-,29-,32-/m0/s1. The fourth-order valence-corrected chi connectivity index (χ4v) is 7.01. The second-order valence-corrected chi connectivity index (χ2v) is 11.4. The van der Waals surface area contributed by atoms with Gasteiger partial charge in [-0.05, 0) is 55.7 Å². The number of carbonyl (C=O) groups is 4. The summed E-state index contributed by atoms with van der Waals surface area (Å²) < 4.78 is 0. The van der Waals surface area contributed by atoms with Crippen LogP contribution in [0.3, 0.4) is 0 Å². The van der Waals surface area contributed by atoms with Crippen LogP contribution in [0, 0.1) is 29.1 Å². The highest BCUT2D eigenvalue weighted by molar-refractivity contribution is 6.43. The molecular weight excluding hydrogens is 476 g/mol. The zero-order valence-corrected chi connectivity index (χ0v) is 22.5. The molecule has 2 N–H and O–H groups in total. The molecular formula is C32H36N2O4. The van der Waals surface area contributed by atoms with Crippen molar-refractivity contribution in [1.82, 2.24) is 10.3 Å². The predicted molar refractivity (Wildman–Crippen MR) is 147 cm³/mol. The molecule has 1 aromatic heterocycles. The van der Waals surface area contributed by atoms with Crippen molar-refractivity contribution in [2.75, 3.05) is 0 Å². The predicted octanol–water partition coefficient (Wildman–Crippen LogP) is 5.05. The van der Waals surface area contributed by atoms with Gasteiger partial charge in [0.25, 0.3) is 0 Å². The Bertz CT molecular complexity index is 1410. The molecule has 1 aromatic carbocycles. The maximum absolute atomic E-state index is 14.2. The van der Waals surface area contributed by atoms with Crippen LogP contribution in [0.5, 0.6) is 0 Å². The molecule has 198 valence electrons. The van der Waals surface area contributed by atoms with E-state index in [4.69, 9.17) is 0 Å². The maximum Gasteiger partial charge on any atom is 0.235 e. The lowest BCUT2D eigenvalue weighted by Gasteiger charge is -2.44. The van der Waals surface area contributed by atoms with Crippen molar-refractivity contribution in [3.63, 3.8) is 0 Å². The van der Waals surface area contributed by atoms with Crippen molar-refractivity contribution >= 4 is 34.2 Å². The van der Waals surface area contributed by atoms with Gasteiger partial charge in [-0.2, -0.15) is 0 Å². The minimum atomic E-state index is -1.31. The average molecular weight is 513 g/mol. The largest absolute Gasteiger partial charge is 0.361 e. The first-order valence-electron chi connectivity index (χ1n) is 13.6. The second-order valence-electron chi connectivity index (χ2n) is 11.4. The van der Waals surface area contributed by atoms with E-state index in [2.05, 4.69) is 36.3 Å². The molecule has 2 aromatic rings. The Labute approximate surface area is 223 Å². The lowest BCUT2D eigenvalue weighted by molar-refractivity contribution is -0.146. The molecule has 2 aliphatic carbocycles. The molecule has 0 saturated carbocycles. The van der Waals surface area contributed by atoms with Gasteiger partial charge in [0, 0.05) is 47.8 Å². The fourth-order valence-electron chi connectivity index (χ4n) is 7.01. The van der Waals surface area contributed by atoms with Crippen molar-refractivity contribution < 1.29 is 19.2 Å². The van der Waals surface area contributed by atoms with Gasteiger partial charge in [-0.1, -0.05) is 61.9 Å². The number of aromatic nitrogens is 1. The van der Waals surface area contributed by atoms with E-state index in [0.717, 1.165) is 22.0 Å². The monoisotopic (exact) mass is 512 g/mol. The summed E-state index contributed by atoms with van der Waals surface area (Å²) in [6, 6.07) is 7.84. The van der Waals surface area contributed by atoms with Crippen LogP contribution in [0.1, 0.15) is 52.5 Å². The van der Waals surface area contributed by atoms with Gasteiger partial charge in [0.05, 0.1) is 0 Å². The molecule has 1 saturated heterocycles. The van der Waals surface area contributed by atoms with Crippen LogP contribution in [-0.2, 0) is 25.6 Å². The highest BCUT2D eigenvalue weighted by Gasteiger charge is 2.65. The molecule has 38 heavy (non-hydrogen) atoms. The van der Waals surface area contributed by atoms with Gasteiger partial charge >= 0.3 is 0 Å². The first kappa shape index (κ1) is 26.1. The third kappa shape index (κ3) is 4.20. The summed E-state index contributed by atoms with van der Waals surface area (Å²) in [7, 11) is 0. The molecule has 6 atom stereocenters. The summed E-state index contributed by atoms with van der Waals surface area (Å²) in [5, 5.41) is 4.34. The van der Waals surface area contributed by atoms with E-state index in [0.29, 0.717) is 18.4 Å². The zero-order valence-electron chi connectivity index (χ0n) is 22.5. The van der Waals surface area contributed by atoms with Crippen molar-refractivity contribution in [3.05, 3.63) is 71.5 Å². The number of nitrogens with one attached hydrogen (secondary N) is 2. The molecule has 5 rings (SSSR count). The molecule has 0 unspecified atom stereocenters. The number of rotatable bonds is 2. The average Bonchev–Trinajstić information content (AvgIpc) is 3.43. The van der Waals surface area contributed by atoms with Crippen molar-refractivity contribution in [2.24, 2.45) is 29.1 Å². The van der Waals surface area contributed by atoms with Crippen LogP contribution in [0.15, 0.2) is 65.9 Å². The number of hydrogen-bond donors (Lipinski definition) is 2. The second kappa shape index (κ2) is 9.97. The highest BCUT2D eigenvalue weighted by atomic mass is 16.2. The number of amides is 1. The van der Waals surface area contributed by atoms with Crippen LogP contribution >= 0.6 is 0 Å². The first-order valence-corrected chi connectivity index (χ1v) is 13.6. The van der Waals surface area contributed by atoms with E-state index >= 15 is 0 Å². The maximum atomic E-state index is 14.2. The summed E-state index contributed by atoms with van der Waals surface area (Å²) in [6.07, 6.45) is 10.9. The Hall–Kier alpha value is -3.54. The van der Waals surface area contributed by atoms with Crippen LogP contribution < -0.4 is 5.32 Å². The molecule has 1 fully saturated rings. The first-order chi connectivity index (χ1) is 18.1. The van der Waals surface area contributed by atoms with E-state index in [9.17, 15) is 19.2 Å². The van der Waals surface area contributed by atoms with Crippen LogP contribution in [0.4, 0.5) is 0 Å². The molecule has 6 heteroatoms. The van der Waals surface area contributed by atoms with E-state index in [1.54, 1.807) is 6.92 Å². The minimum Gasteiger partial charge on any atom is -0.361 e. The van der Waals surface area contributed by atoms with Gasteiger partial charge in [-0.25, -0.2) is 0 Å². The van der Waals surface area contributed by atoms with Crippen molar-refractivity contribution in [2.45, 2.75) is 59.4 Å². The number of allylic oxidation sites excluding steroid dienone is 6. The number of fused-ring (bicyclic) bond motifs is 1. The Morgan fingerprint density at radius 1 is 1.00 bits per heavy atom. The Morgan fingerprint density at radius 2 is 1.76 bits per heavy atom. The van der Waals surface area contributed by atoms with Crippen molar-refractivity contribution in [1.29, 1.82) is 0 Å². The van der Waals surface area contributed by atoms with Crippen LogP contribution in [-0.4, -0.2) is 34.3 Å². The van der Waals surface area contributed by atoms with Gasteiger partial charge in [0.2, 0.25) is 17.5 Å². The van der Waals surface area contributed by atoms with E-state index < -0.39 is 22.9 Å².